The summed E-state index contributed by atoms with van der Waals surface area (Å²) in [4.78, 5) is 0. The minimum atomic E-state index is 0.633. The van der Waals surface area contributed by atoms with Gasteiger partial charge in [-0.2, -0.15) is 0 Å². The quantitative estimate of drug-likeness (QED) is 0.435. The van der Waals surface area contributed by atoms with E-state index in [0.29, 0.717) is 6.54 Å². The Bertz CT molecular complexity index is 58.6. The highest BCUT2D eigenvalue weighted by Crippen LogP contribution is 2.05. The van der Waals surface area contributed by atoms with Crippen molar-refractivity contribution in [1.29, 1.82) is 0 Å². The molecule has 0 fully saturated rings. The van der Waals surface area contributed by atoms with E-state index < -0.39 is 0 Å². The van der Waals surface area contributed by atoms with Crippen molar-refractivity contribution in [2.24, 2.45) is 0 Å². The van der Waals surface area contributed by atoms with E-state index in [0.717, 1.165) is 6.42 Å². The van der Waals surface area contributed by atoms with E-state index in [1.54, 1.807) is 0 Å². The normalized spacial score (nSPS) is 10.4. The molecule has 0 aromatic heterocycles. The molecule has 0 rings (SSSR count). The highest BCUT2D eigenvalue weighted by molar-refractivity contribution is 4.48. The van der Waals surface area contributed by atoms with E-state index >= 15 is 0 Å². The van der Waals surface area contributed by atoms with Crippen molar-refractivity contribution in [3.63, 3.8) is 0 Å². The molecule has 0 radical (unpaired) electrons. The second-order valence-electron chi connectivity index (χ2n) is 3.02. The lowest BCUT2D eigenvalue weighted by molar-refractivity contribution is 0.583. The van der Waals surface area contributed by atoms with Crippen molar-refractivity contribution in [3.05, 3.63) is 5.21 Å². The van der Waals surface area contributed by atoms with E-state index in [1.165, 1.54) is 38.5 Å². The molecule has 1 N–H and O–H groups in total. The molecule has 2 heteroatoms. The zero-order chi connectivity index (χ0) is 8.36. The van der Waals surface area contributed by atoms with Gasteiger partial charge >= 0.3 is 0 Å². The van der Waals surface area contributed by atoms with Crippen LogP contribution >= 0.6 is 0 Å². The first-order valence-electron chi connectivity index (χ1n) is 4.76. The van der Waals surface area contributed by atoms with Crippen molar-refractivity contribution < 1.29 is 0 Å². The molecule has 0 amide bonds. The van der Waals surface area contributed by atoms with Crippen LogP contribution in [0.3, 0.4) is 0 Å². The van der Waals surface area contributed by atoms with Crippen molar-refractivity contribution in [3.8, 4) is 0 Å². The summed E-state index contributed by atoms with van der Waals surface area (Å²) in [5, 5.41) is 9.82. The fraction of sp³-hybridized carbons (Fsp3) is 1.00. The molecule has 0 aliphatic carbocycles. The molecule has 0 spiro atoms. The lowest BCUT2D eigenvalue weighted by Crippen LogP contribution is -2.04. The number of hydroxylamine groups is 1. The first-order valence-corrected chi connectivity index (χ1v) is 4.76. The maximum absolute atomic E-state index is 9.82. The number of unbranched alkanes of at least 4 members (excludes halogenated alkanes) is 6. The van der Waals surface area contributed by atoms with Crippen LogP contribution in [0.25, 0.3) is 0 Å². The number of nitrogens with one attached hydrogen (secondary N) is 1. The maximum Gasteiger partial charge on any atom is -0.0170 e. The number of rotatable bonds is 8. The Kier molecular flexibility index (Phi) is 9.85. The molecular weight excluding hydrogens is 138 g/mol. The van der Waals surface area contributed by atoms with Gasteiger partial charge in [0, 0.05) is 0 Å². The van der Waals surface area contributed by atoms with Crippen LogP contribution in [-0.2, 0) is 0 Å². The summed E-state index contributed by atoms with van der Waals surface area (Å²) in [5.41, 5.74) is 1.92. The molecule has 2 nitrogen and oxygen atoms in total. The second kappa shape index (κ2) is 9.92. The molecule has 0 aliphatic heterocycles. The van der Waals surface area contributed by atoms with E-state index in [-0.39, 0.29) is 0 Å². The van der Waals surface area contributed by atoms with Gasteiger partial charge in [-0.25, -0.2) is 0 Å². The standard InChI is InChI=1S/C9H20NO/c1-2-3-4-5-6-7-8-9-10-11/h10H,2-9H2,1H3/q-1. The van der Waals surface area contributed by atoms with Crippen LogP contribution in [0.2, 0.25) is 0 Å². The zero-order valence-corrected chi connectivity index (χ0v) is 7.57. The fourth-order valence-corrected chi connectivity index (χ4v) is 1.15. The monoisotopic (exact) mass is 158 g/mol. The topological polar surface area (TPSA) is 35.1 Å². The Labute approximate surface area is 70.0 Å². The fourth-order valence-electron chi connectivity index (χ4n) is 1.15. The van der Waals surface area contributed by atoms with Crippen LogP contribution in [0.1, 0.15) is 51.9 Å². The van der Waals surface area contributed by atoms with Crippen LogP contribution in [0, 0.1) is 5.21 Å². The molecular formula is C9H20NO-. The summed E-state index contributed by atoms with van der Waals surface area (Å²) in [7, 11) is 0. The summed E-state index contributed by atoms with van der Waals surface area (Å²) in [6, 6.07) is 0. The Balaban J connectivity index is 2.69. The molecule has 0 aromatic carbocycles. The molecule has 0 heterocycles. The van der Waals surface area contributed by atoms with Crippen molar-refractivity contribution >= 4 is 0 Å². The molecule has 0 atom stereocenters. The average Bonchev–Trinajstić information content (AvgIpc) is 2.03. The minimum absolute atomic E-state index is 0.633. The Hall–Kier alpha value is -0.0800. The van der Waals surface area contributed by atoms with Crippen LogP contribution in [0.4, 0.5) is 0 Å². The summed E-state index contributed by atoms with van der Waals surface area (Å²) in [6.07, 6.45) is 8.91. The van der Waals surface area contributed by atoms with Gasteiger partial charge in [0.1, 0.15) is 0 Å². The minimum Gasteiger partial charge on any atom is -0.788 e. The highest BCUT2D eigenvalue weighted by atomic mass is 16.5. The van der Waals surface area contributed by atoms with Crippen LogP contribution in [-0.4, -0.2) is 6.54 Å². The first-order chi connectivity index (χ1) is 5.41. The SMILES string of the molecule is CCCCCCCCCN[O-]. The largest absolute Gasteiger partial charge is 0.788 e. The van der Waals surface area contributed by atoms with Gasteiger partial charge in [-0.15, -0.1) is 0 Å². The third-order valence-corrected chi connectivity index (χ3v) is 1.88. The highest BCUT2D eigenvalue weighted by Gasteiger charge is 1.88. The first kappa shape index (κ1) is 10.9. The van der Waals surface area contributed by atoms with Gasteiger partial charge < -0.3 is 10.7 Å². The third-order valence-electron chi connectivity index (χ3n) is 1.88. The average molecular weight is 158 g/mol. The zero-order valence-electron chi connectivity index (χ0n) is 7.57. The molecule has 11 heavy (non-hydrogen) atoms. The van der Waals surface area contributed by atoms with E-state index in [2.05, 4.69) is 6.92 Å². The van der Waals surface area contributed by atoms with Crippen LogP contribution < -0.4 is 5.48 Å². The van der Waals surface area contributed by atoms with E-state index in [4.69, 9.17) is 0 Å². The van der Waals surface area contributed by atoms with Gasteiger partial charge in [0.2, 0.25) is 0 Å². The summed E-state index contributed by atoms with van der Waals surface area (Å²) in [5.74, 6) is 0. The predicted molar refractivity (Wildman–Crippen MR) is 49.4 cm³/mol. The van der Waals surface area contributed by atoms with E-state index in [9.17, 15) is 5.21 Å². The van der Waals surface area contributed by atoms with Crippen LogP contribution in [0.5, 0.6) is 0 Å². The third kappa shape index (κ3) is 9.92. The molecule has 0 aliphatic rings. The van der Waals surface area contributed by atoms with Gasteiger partial charge in [-0.1, -0.05) is 45.4 Å². The number of hydrogen-bond acceptors (Lipinski definition) is 2. The van der Waals surface area contributed by atoms with Gasteiger partial charge in [0.15, 0.2) is 0 Å². The smallest absolute Gasteiger partial charge is 0.0170 e. The molecule has 0 unspecified atom stereocenters. The van der Waals surface area contributed by atoms with Gasteiger partial charge in [-0.05, 0) is 13.0 Å². The van der Waals surface area contributed by atoms with Gasteiger partial charge in [-0.3, -0.25) is 0 Å². The molecule has 68 valence electrons. The Morgan fingerprint density at radius 1 is 0.909 bits per heavy atom. The molecule has 0 saturated heterocycles. The lowest BCUT2D eigenvalue weighted by atomic mass is 10.1. The molecule has 0 saturated carbocycles. The summed E-state index contributed by atoms with van der Waals surface area (Å²) < 4.78 is 0. The molecule has 0 aromatic rings. The maximum atomic E-state index is 9.82. The number of hydrogen-bond donors (Lipinski definition) is 1. The van der Waals surface area contributed by atoms with Crippen molar-refractivity contribution in [1.82, 2.24) is 5.48 Å². The van der Waals surface area contributed by atoms with E-state index in [1.807, 2.05) is 5.48 Å². The second-order valence-corrected chi connectivity index (χ2v) is 3.02. The van der Waals surface area contributed by atoms with Gasteiger partial charge in [0.25, 0.3) is 0 Å². The van der Waals surface area contributed by atoms with Crippen molar-refractivity contribution in [2.75, 3.05) is 6.54 Å². The predicted octanol–water partition coefficient (Wildman–Crippen LogP) is 2.82. The lowest BCUT2D eigenvalue weighted by Gasteiger charge is -2.05. The summed E-state index contributed by atoms with van der Waals surface area (Å²) >= 11 is 0. The molecule has 0 bridgehead atoms. The van der Waals surface area contributed by atoms with Gasteiger partial charge in [0.05, 0.1) is 0 Å². The Morgan fingerprint density at radius 3 is 2.00 bits per heavy atom. The Morgan fingerprint density at radius 2 is 1.45 bits per heavy atom. The summed E-state index contributed by atoms with van der Waals surface area (Å²) in [6.45, 7) is 2.86. The van der Waals surface area contributed by atoms with Crippen molar-refractivity contribution in [2.45, 2.75) is 51.9 Å². The van der Waals surface area contributed by atoms with Crippen LogP contribution in [0.15, 0.2) is 0 Å².